The van der Waals surface area contributed by atoms with Gasteiger partial charge in [0.2, 0.25) is 0 Å². The first-order valence-corrected chi connectivity index (χ1v) is 11.2. The van der Waals surface area contributed by atoms with E-state index in [2.05, 4.69) is 21.9 Å². The zero-order valence-electron chi connectivity index (χ0n) is 17.4. The van der Waals surface area contributed by atoms with E-state index in [4.69, 9.17) is 15.2 Å². The Kier molecular flexibility index (Phi) is 7.06. The van der Waals surface area contributed by atoms with Crippen molar-refractivity contribution in [1.29, 1.82) is 0 Å². The molecule has 1 amide bonds. The standard InChI is InChI=1S/C23H35N3O3/c24-23(27)17-29-19-7-5-18(6-8-19)13-26-14-20-21(15-26)22(20)16-28-12-4-11-25-9-2-1-3-10-25/h5-8,20-22H,1-4,9-17H2,(H2,24,27)/t20-,21+,22+. The fourth-order valence-electron chi connectivity index (χ4n) is 5.01. The lowest BCUT2D eigenvalue weighted by atomic mass is 10.1. The summed E-state index contributed by atoms with van der Waals surface area (Å²) < 4.78 is 11.3. The molecule has 2 N–H and O–H groups in total. The molecule has 0 spiro atoms. The van der Waals surface area contributed by atoms with Gasteiger partial charge in [-0.25, -0.2) is 0 Å². The van der Waals surface area contributed by atoms with Crippen molar-refractivity contribution in [3.05, 3.63) is 29.8 Å². The molecule has 0 radical (unpaired) electrons. The van der Waals surface area contributed by atoms with Crippen LogP contribution in [0.25, 0.3) is 0 Å². The van der Waals surface area contributed by atoms with Crippen LogP contribution in [-0.2, 0) is 16.1 Å². The monoisotopic (exact) mass is 401 g/mol. The van der Waals surface area contributed by atoms with Crippen LogP contribution in [0.2, 0.25) is 0 Å². The van der Waals surface area contributed by atoms with Crippen molar-refractivity contribution < 1.29 is 14.3 Å². The number of likely N-dealkylation sites (tertiary alicyclic amines) is 2. The Morgan fingerprint density at radius 1 is 1.03 bits per heavy atom. The highest BCUT2D eigenvalue weighted by Crippen LogP contribution is 2.52. The summed E-state index contributed by atoms with van der Waals surface area (Å²) in [5, 5.41) is 0. The molecule has 6 heteroatoms. The molecule has 0 aromatic heterocycles. The van der Waals surface area contributed by atoms with E-state index >= 15 is 0 Å². The number of carbonyl (C=O) groups is 1. The minimum absolute atomic E-state index is 0.0729. The maximum absolute atomic E-state index is 10.8. The summed E-state index contributed by atoms with van der Waals surface area (Å²) in [6.07, 6.45) is 5.32. The van der Waals surface area contributed by atoms with Crippen LogP contribution < -0.4 is 10.5 Å². The topological polar surface area (TPSA) is 68.0 Å². The first-order chi connectivity index (χ1) is 14.2. The molecule has 6 nitrogen and oxygen atoms in total. The maximum atomic E-state index is 10.8. The van der Waals surface area contributed by atoms with E-state index in [1.807, 2.05) is 12.1 Å². The molecule has 4 rings (SSSR count). The first-order valence-electron chi connectivity index (χ1n) is 11.2. The average Bonchev–Trinajstić information content (AvgIpc) is 3.18. The zero-order valence-corrected chi connectivity index (χ0v) is 17.4. The van der Waals surface area contributed by atoms with E-state index in [1.54, 1.807) is 0 Å². The molecule has 3 atom stereocenters. The molecule has 3 aliphatic rings. The van der Waals surface area contributed by atoms with E-state index in [1.165, 1.54) is 64.0 Å². The Hall–Kier alpha value is -1.63. The summed E-state index contributed by atoms with van der Waals surface area (Å²) in [6.45, 7) is 8.92. The van der Waals surface area contributed by atoms with Crippen molar-refractivity contribution in [2.24, 2.45) is 23.5 Å². The number of primary amides is 1. The Bertz CT molecular complexity index is 648. The van der Waals surface area contributed by atoms with Gasteiger partial charge in [-0.15, -0.1) is 0 Å². The van der Waals surface area contributed by atoms with Crippen molar-refractivity contribution in [3.8, 4) is 5.75 Å². The Balaban J connectivity index is 1.07. The Labute approximate surface area is 174 Å². The van der Waals surface area contributed by atoms with Gasteiger partial charge in [-0.05, 0) is 67.8 Å². The van der Waals surface area contributed by atoms with Gasteiger partial charge in [-0.2, -0.15) is 0 Å². The van der Waals surface area contributed by atoms with Gasteiger partial charge in [0.05, 0.1) is 6.61 Å². The van der Waals surface area contributed by atoms with Crippen molar-refractivity contribution in [3.63, 3.8) is 0 Å². The van der Waals surface area contributed by atoms with Gasteiger partial charge in [-0.3, -0.25) is 9.69 Å². The SMILES string of the molecule is NC(=O)COc1ccc(CN2C[C@@H]3[C@@H](COCCCN4CCCCC4)[C@@H]3C2)cc1. The van der Waals surface area contributed by atoms with Gasteiger partial charge in [0.1, 0.15) is 5.75 Å². The molecular weight excluding hydrogens is 366 g/mol. The van der Waals surface area contributed by atoms with Crippen LogP contribution >= 0.6 is 0 Å². The predicted octanol–water partition coefficient (Wildman–Crippen LogP) is 2.12. The van der Waals surface area contributed by atoms with E-state index in [0.717, 1.165) is 37.5 Å². The quantitative estimate of drug-likeness (QED) is 0.575. The van der Waals surface area contributed by atoms with E-state index in [-0.39, 0.29) is 6.61 Å². The third-order valence-electron chi connectivity index (χ3n) is 6.68. The number of fused-ring (bicyclic) bond motifs is 1. The molecule has 1 aromatic carbocycles. The fourth-order valence-corrected chi connectivity index (χ4v) is 5.01. The largest absolute Gasteiger partial charge is 0.484 e. The van der Waals surface area contributed by atoms with Gasteiger partial charge >= 0.3 is 0 Å². The summed E-state index contributed by atoms with van der Waals surface area (Å²) >= 11 is 0. The highest BCUT2D eigenvalue weighted by molar-refractivity contribution is 5.75. The third-order valence-corrected chi connectivity index (χ3v) is 6.68. The number of nitrogens with two attached hydrogens (primary N) is 1. The molecular formula is C23H35N3O3. The van der Waals surface area contributed by atoms with E-state index in [0.29, 0.717) is 5.75 Å². The molecule has 160 valence electrons. The normalized spacial score (nSPS) is 27.0. The molecule has 2 saturated heterocycles. The molecule has 2 aliphatic heterocycles. The number of benzene rings is 1. The van der Waals surface area contributed by atoms with Crippen molar-refractivity contribution in [2.75, 3.05) is 52.5 Å². The Morgan fingerprint density at radius 2 is 1.76 bits per heavy atom. The van der Waals surface area contributed by atoms with Crippen LogP contribution in [0.3, 0.4) is 0 Å². The summed E-state index contributed by atoms with van der Waals surface area (Å²) in [7, 11) is 0. The number of rotatable bonds is 11. The second kappa shape index (κ2) is 9.92. The molecule has 1 aromatic rings. The highest BCUT2D eigenvalue weighted by Gasteiger charge is 2.55. The van der Waals surface area contributed by atoms with Crippen molar-refractivity contribution in [1.82, 2.24) is 9.80 Å². The molecule has 2 heterocycles. The zero-order chi connectivity index (χ0) is 20.1. The van der Waals surface area contributed by atoms with Gasteiger partial charge in [-0.1, -0.05) is 18.6 Å². The lowest BCUT2D eigenvalue weighted by molar-refractivity contribution is -0.119. The number of carbonyl (C=O) groups excluding carboxylic acids is 1. The molecule has 0 bridgehead atoms. The molecule has 1 saturated carbocycles. The second-order valence-corrected chi connectivity index (χ2v) is 8.92. The van der Waals surface area contributed by atoms with Gasteiger partial charge in [0.15, 0.2) is 6.61 Å². The number of hydrogen-bond donors (Lipinski definition) is 1. The van der Waals surface area contributed by atoms with Crippen molar-refractivity contribution in [2.45, 2.75) is 32.2 Å². The first kappa shape index (κ1) is 20.6. The number of ether oxygens (including phenoxy) is 2. The lowest BCUT2D eigenvalue weighted by Gasteiger charge is -2.26. The Morgan fingerprint density at radius 3 is 2.45 bits per heavy atom. The second-order valence-electron chi connectivity index (χ2n) is 8.92. The lowest BCUT2D eigenvalue weighted by Crippen LogP contribution is -2.31. The van der Waals surface area contributed by atoms with Crippen LogP contribution in [-0.4, -0.2) is 68.3 Å². The molecule has 1 aliphatic carbocycles. The summed E-state index contributed by atoms with van der Waals surface area (Å²) in [5.41, 5.74) is 6.38. The molecule has 0 unspecified atom stereocenters. The minimum atomic E-state index is -0.453. The minimum Gasteiger partial charge on any atom is -0.484 e. The molecule has 29 heavy (non-hydrogen) atoms. The van der Waals surface area contributed by atoms with Crippen LogP contribution in [0, 0.1) is 17.8 Å². The fraction of sp³-hybridized carbons (Fsp3) is 0.696. The van der Waals surface area contributed by atoms with Crippen LogP contribution in [0.1, 0.15) is 31.2 Å². The van der Waals surface area contributed by atoms with Crippen molar-refractivity contribution >= 4 is 5.91 Å². The van der Waals surface area contributed by atoms with Gasteiger partial charge in [0, 0.05) is 32.8 Å². The highest BCUT2D eigenvalue weighted by atomic mass is 16.5. The summed E-state index contributed by atoms with van der Waals surface area (Å²) in [5.74, 6) is 2.68. The van der Waals surface area contributed by atoms with E-state index in [9.17, 15) is 4.79 Å². The smallest absolute Gasteiger partial charge is 0.255 e. The van der Waals surface area contributed by atoms with Crippen LogP contribution in [0.4, 0.5) is 0 Å². The number of hydrogen-bond acceptors (Lipinski definition) is 5. The number of amides is 1. The summed E-state index contributed by atoms with van der Waals surface area (Å²) in [6, 6.07) is 7.97. The number of nitrogens with zero attached hydrogens (tertiary/aromatic N) is 2. The van der Waals surface area contributed by atoms with Gasteiger partial charge < -0.3 is 20.1 Å². The molecule has 3 fully saturated rings. The maximum Gasteiger partial charge on any atom is 0.255 e. The van der Waals surface area contributed by atoms with Gasteiger partial charge in [0.25, 0.3) is 5.91 Å². The average molecular weight is 402 g/mol. The van der Waals surface area contributed by atoms with E-state index < -0.39 is 5.91 Å². The predicted molar refractivity (Wildman–Crippen MR) is 113 cm³/mol. The summed E-state index contributed by atoms with van der Waals surface area (Å²) in [4.78, 5) is 15.9. The number of piperidine rings is 2. The van der Waals surface area contributed by atoms with Crippen LogP contribution in [0.5, 0.6) is 5.75 Å². The van der Waals surface area contributed by atoms with Crippen LogP contribution in [0.15, 0.2) is 24.3 Å². The third kappa shape index (κ3) is 5.93.